The number of nitrogens with zero attached hydrogens (tertiary/aromatic N) is 3. The minimum atomic E-state index is -0.513. The Labute approximate surface area is 210 Å². The summed E-state index contributed by atoms with van der Waals surface area (Å²) in [5, 5.41) is 13.6. The average Bonchev–Trinajstić information content (AvgIpc) is 3.15. The summed E-state index contributed by atoms with van der Waals surface area (Å²) in [7, 11) is 0. The zero-order chi connectivity index (χ0) is 23.3. The van der Waals surface area contributed by atoms with Gasteiger partial charge in [0.15, 0.2) is 11.8 Å². The number of hydrogen-bond acceptors (Lipinski definition) is 6. The molecule has 1 aromatic rings. The Balaban J connectivity index is 0.00000961. The molecule has 1 unspecified atom stereocenters. The zero-order valence-corrected chi connectivity index (χ0v) is 23.1. The number of ether oxygens (including phenoxy) is 1. The molecule has 0 aliphatic heterocycles. The highest BCUT2D eigenvalue weighted by Gasteiger charge is 2.18. The van der Waals surface area contributed by atoms with Crippen molar-refractivity contribution in [1.29, 1.82) is 0 Å². The lowest BCUT2D eigenvalue weighted by Crippen LogP contribution is -2.49. The van der Waals surface area contributed by atoms with Crippen molar-refractivity contribution in [3.63, 3.8) is 0 Å². The quantitative estimate of drug-likeness (QED) is 0.149. The Kier molecular flexibility index (Phi) is 15.3. The lowest BCUT2D eigenvalue weighted by Gasteiger charge is -2.24. The number of carbonyl (C=O) groups is 1. The maximum absolute atomic E-state index is 12.0. The number of alkyl carbamates (subject to hydrolysis) is 1. The number of aryl methyl sites for hydroxylation is 1. The second-order valence-corrected chi connectivity index (χ2v) is 8.93. The van der Waals surface area contributed by atoms with Crippen LogP contribution in [-0.4, -0.2) is 53.5 Å². The summed E-state index contributed by atoms with van der Waals surface area (Å²) in [6.07, 6.45) is 4.17. The number of rotatable bonds is 12. The van der Waals surface area contributed by atoms with E-state index in [2.05, 4.69) is 38.0 Å². The van der Waals surface area contributed by atoms with Gasteiger partial charge in [-0.2, -0.15) is 4.98 Å². The molecule has 1 atom stereocenters. The molecule has 0 aromatic carbocycles. The number of carbonyl (C=O) groups excluding carboxylic acids is 1. The Bertz CT molecular complexity index is 673. The lowest BCUT2D eigenvalue weighted by atomic mass is 10.1. The number of amides is 1. The Morgan fingerprint density at radius 1 is 1.19 bits per heavy atom. The monoisotopic (exact) mass is 566 g/mol. The van der Waals surface area contributed by atoms with E-state index in [0.29, 0.717) is 25.4 Å². The molecule has 0 bridgehead atoms. The summed E-state index contributed by atoms with van der Waals surface area (Å²) in [5.74, 6) is 2.39. The first-order chi connectivity index (χ1) is 14.6. The molecule has 0 fully saturated rings. The van der Waals surface area contributed by atoms with E-state index in [1.54, 1.807) is 0 Å². The highest BCUT2D eigenvalue weighted by Crippen LogP contribution is 2.10. The highest BCUT2D eigenvalue weighted by molar-refractivity contribution is 14.0. The number of halogens is 1. The topological polar surface area (TPSA) is 114 Å². The standard InChI is InChI=1S/C22H42N6O3.HI/c1-8-10-12-17(15-25-21(29)30-22(5,6)7)26-20(23-9-2)24-14-11-13-18-27-19(16(3)4)28-31-18;/h16-17H,8-15H2,1-7H3,(H,25,29)(H2,23,24,26);1H. The van der Waals surface area contributed by atoms with Gasteiger partial charge in [0.05, 0.1) is 0 Å². The molecule has 32 heavy (non-hydrogen) atoms. The fourth-order valence-corrected chi connectivity index (χ4v) is 2.74. The molecule has 0 radical (unpaired) electrons. The van der Waals surface area contributed by atoms with Crippen molar-refractivity contribution in [2.45, 2.75) is 98.1 Å². The number of nitrogens with one attached hydrogen (secondary N) is 3. The molecule has 0 aliphatic carbocycles. The minimum Gasteiger partial charge on any atom is -0.444 e. The Morgan fingerprint density at radius 3 is 2.47 bits per heavy atom. The predicted molar refractivity (Wildman–Crippen MR) is 139 cm³/mol. The number of unbranched alkanes of at least 4 members (excludes halogenated alkanes) is 1. The third kappa shape index (κ3) is 13.7. The highest BCUT2D eigenvalue weighted by atomic mass is 127. The minimum absolute atomic E-state index is 0. The summed E-state index contributed by atoms with van der Waals surface area (Å²) in [4.78, 5) is 21.1. The van der Waals surface area contributed by atoms with Gasteiger partial charge in [-0.05, 0) is 40.5 Å². The Hall–Kier alpha value is -1.59. The second kappa shape index (κ2) is 16.1. The van der Waals surface area contributed by atoms with E-state index in [4.69, 9.17) is 9.26 Å². The summed E-state index contributed by atoms with van der Waals surface area (Å²) >= 11 is 0. The van der Waals surface area contributed by atoms with Crippen molar-refractivity contribution in [2.24, 2.45) is 4.99 Å². The van der Waals surface area contributed by atoms with Gasteiger partial charge >= 0.3 is 6.09 Å². The van der Waals surface area contributed by atoms with Gasteiger partial charge in [0.25, 0.3) is 0 Å². The van der Waals surface area contributed by atoms with Crippen molar-refractivity contribution in [2.75, 3.05) is 19.6 Å². The van der Waals surface area contributed by atoms with Gasteiger partial charge in [0, 0.05) is 38.0 Å². The van der Waals surface area contributed by atoms with Crippen molar-refractivity contribution in [3.05, 3.63) is 11.7 Å². The van der Waals surface area contributed by atoms with Crippen LogP contribution < -0.4 is 16.0 Å². The molecule has 0 aliphatic rings. The summed E-state index contributed by atoms with van der Waals surface area (Å²) in [6.45, 7) is 15.7. The summed E-state index contributed by atoms with van der Waals surface area (Å²) in [5.41, 5.74) is -0.513. The molecule has 0 saturated heterocycles. The first-order valence-electron chi connectivity index (χ1n) is 11.5. The van der Waals surface area contributed by atoms with Crippen LogP contribution in [-0.2, 0) is 11.2 Å². The van der Waals surface area contributed by atoms with E-state index in [1.807, 2.05) is 41.5 Å². The molecular formula is C22H43IN6O3. The molecule has 1 heterocycles. The van der Waals surface area contributed by atoms with Crippen LogP contribution in [0.2, 0.25) is 0 Å². The predicted octanol–water partition coefficient (Wildman–Crippen LogP) is 4.38. The van der Waals surface area contributed by atoms with Crippen LogP contribution in [0.4, 0.5) is 4.79 Å². The van der Waals surface area contributed by atoms with Crippen LogP contribution in [0.5, 0.6) is 0 Å². The van der Waals surface area contributed by atoms with Crippen LogP contribution in [0.15, 0.2) is 9.52 Å². The number of guanidine groups is 1. The van der Waals surface area contributed by atoms with Gasteiger partial charge in [0.2, 0.25) is 5.89 Å². The van der Waals surface area contributed by atoms with Crippen LogP contribution in [0.25, 0.3) is 0 Å². The fourth-order valence-electron chi connectivity index (χ4n) is 2.74. The molecule has 0 spiro atoms. The molecule has 9 nitrogen and oxygen atoms in total. The molecule has 186 valence electrons. The third-order valence-electron chi connectivity index (χ3n) is 4.30. The molecule has 0 saturated carbocycles. The first kappa shape index (κ1) is 30.4. The van der Waals surface area contributed by atoms with E-state index in [-0.39, 0.29) is 35.9 Å². The van der Waals surface area contributed by atoms with Crippen molar-refractivity contribution < 1.29 is 14.1 Å². The number of aromatic nitrogens is 2. The SMILES string of the molecule is CCCCC(CNC(=O)OC(C)(C)C)NC(=NCCCc1nc(C(C)C)no1)NCC.I. The third-order valence-corrected chi connectivity index (χ3v) is 4.30. The van der Waals surface area contributed by atoms with E-state index >= 15 is 0 Å². The van der Waals surface area contributed by atoms with Gasteiger partial charge in [-0.15, -0.1) is 24.0 Å². The van der Waals surface area contributed by atoms with E-state index in [1.165, 1.54) is 0 Å². The van der Waals surface area contributed by atoms with E-state index < -0.39 is 11.7 Å². The molecule has 1 amide bonds. The van der Waals surface area contributed by atoms with Crippen molar-refractivity contribution in [3.8, 4) is 0 Å². The Morgan fingerprint density at radius 2 is 1.91 bits per heavy atom. The molecule has 3 N–H and O–H groups in total. The molecule has 1 aromatic heterocycles. The normalized spacial score (nSPS) is 12.8. The number of aliphatic imine (C=N–C) groups is 1. The van der Waals surface area contributed by atoms with Gasteiger partial charge in [0.1, 0.15) is 5.60 Å². The zero-order valence-electron chi connectivity index (χ0n) is 20.8. The van der Waals surface area contributed by atoms with E-state index in [9.17, 15) is 4.79 Å². The summed E-state index contributed by atoms with van der Waals surface area (Å²) in [6, 6.07) is 0.0646. The van der Waals surface area contributed by atoms with Crippen molar-refractivity contribution >= 4 is 36.0 Å². The van der Waals surface area contributed by atoms with Gasteiger partial charge < -0.3 is 25.2 Å². The van der Waals surface area contributed by atoms with Gasteiger partial charge in [-0.1, -0.05) is 38.8 Å². The first-order valence-corrected chi connectivity index (χ1v) is 11.5. The van der Waals surface area contributed by atoms with Gasteiger partial charge in [-0.25, -0.2) is 4.79 Å². The summed E-state index contributed by atoms with van der Waals surface area (Å²) < 4.78 is 10.6. The fraction of sp³-hybridized carbons (Fsp3) is 0.818. The second-order valence-electron chi connectivity index (χ2n) is 8.93. The van der Waals surface area contributed by atoms with Crippen LogP contribution in [0, 0.1) is 0 Å². The van der Waals surface area contributed by atoms with E-state index in [0.717, 1.165) is 44.0 Å². The van der Waals surface area contributed by atoms with Crippen LogP contribution in [0.1, 0.15) is 91.8 Å². The maximum Gasteiger partial charge on any atom is 0.407 e. The van der Waals surface area contributed by atoms with Gasteiger partial charge in [-0.3, -0.25) is 4.99 Å². The van der Waals surface area contributed by atoms with Crippen LogP contribution >= 0.6 is 24.0 Å². The largest absolute Gasteiger partial charge is 0.444 e. The molecule has 1 rings (SSSR count). The molecular weight excluding hydrogens is 523 g/mol. The lowest BCUT2D eigenvalue weighted by molar-refractivity contribution is 0.0522. The average molecular weight is 567 g/mol. The maximum atomic E-state index is 12.0. The smallest absolute Gasteiger partial charge is 0.407 e. The number of hydrogen-bond donors (Lipinski definition) is 3. The van der Waals surface area contributed by atoms with Crippen LogP contribution in [0.3, 0.4) is 0 Å². The van der Waals surface area contributed by atoms with Crippen molar-refractivity contribution in [1.82, 2.24) is 26.1 Å². The molecule has 10 heteroatoms.